The molecule has 1 saturated heterocycles. The number of alkyl halides is 3. The van der Waals surface area contributed by atoms with Gasteiger partial charge in [-0.05, 0) is 91.9 Å². The van der Waals surface area contributed by atoms with Crippen LogP contribution in [0.2, 0.25) is 0 Å². The molecule has 0 bridgehead atoms. The molecular formula is C32H28F4N6O2. The second-order valence-electron chi connectivity index (χ2n) is 11.2. The molecule has 4 heterocycles. The number of carbonyl (C=O) groups is 1. The Kier molecular flexibility index (Phi) is 6.88. The SMILES string of the molecule is Nc1noc2ccc(-n3nc(C(F)(F)F)c4c3C(=O)N(c3ccc(-c5cccc(CN6CCCC6)c5)cc3F)CCC4)cc12. The van der Waals surface area contributed by atoms with Gasteiger partial charge in [-0.1, -0.05) is 29.4 Å². The molecule has 2 N–H and O–H groups in total. The fourth-order valence-electron chi connectivity index (χ4n) is 6.23. The van der Waals surface area contributed by atoms with Crippen molar-refractivity contribution >= 4 is 28.4 Å². The Morgan fingerprint density at radius 1 is 0.932 bits per heavy atom. The van der Waals surface area contributed by atoms with Crippen LogP contribution in [-0.4, -0.2) is 45.4 Å². The molecule has 226 valence electrons. The molecule has 5 aromatic rings. The zero-order chi connectivity index (χ0) is 30.6. The summed E-state index contributed by atoms with van der Waals surface area (Å²) in [6.07, 6.45) is -2.31. The number of fused-ring (bicyclic) bond motifs is 2. The summed E-state index contributed by atoms with van der Waals surface area (Å²) in [5.74, 6) is -1.38. The van der Waals surface area contributed by atoms with Gasteiger partial charge < -0.3 is 15.2 Å². The number of aromatic nitrogens is 3. The fraction of sp³-hybridized carbons (Fsp3) is 0.281. The van der Waals surface area contributed by atoms with E-state index < -0.39 is 23.6 Å². The zero-order valence-electron chi connectivity index (χ0n) is 23.6. The molecule has 1 amide bonds. The second-order valence-corrected chi connectivity index (χ2v) is 11.2. The lowest BCUT2D eigenvalue weighted by Crippen LogP contribution is -2.33. The third-order valence-corrected chi connectivity index (χ3v) is 8.34. The van der Waals surface area contributed by atoms with E-state index in [2.05, 4.69) is 15.2 Å². The quantitative estimate of drug-likeness (QED) is 0.227. The minimum atomic E-state index is -4.80. The molecular weight excluding hydrogens is 576 g/mol. The van der Waals surface area contributed by atoms with Gasteiger partial charge in [-0.15, -0.1) is 0 Å². The summed E-state index contributed by atoms with van der Waals surface area (Å²) in [6.45, 7) is 2.98. The highest BCUT2D eigenvalue weighted by Crippen LogP contribution is 2.38. The Hall–Kier alpha value is -4.71. The summed E-state index contributed by atoms with van der Waals surface area (Å²) in [5.41, 5.74) is 7.31. The first-order valence-electron chi connectivity index (χ1n) is 14.4. The van der Waals surface area contributed by atoms with Crippen molar-refractivity contribution in [3.05, 3.63) is 89.0 Å². The minimum absolute atomic E-state index is 0.0140. The number of nitrogens with zero attached hydrogens (tertiary/aromatic N) is 5. The van der Waals surface area contributed by atoms with Crippen LogP contribution < -0.4 is 10.6 Å². The molecule has 0 aliphatic carbocycles. The number of nitrogens with two attached hydrogens (primary N) is 1. The molecule has 3 aromatic carbocycles. The van der Waals surface area contributed by atoms with Crippen molar-refractivity contribution in [2.45, 2.75) is 38.4 Å². The van der Waals surface area contributed by atoms with Crippen molar-refractivity contribution in [1.29, 1.82) is 0 Å². The molecule has 2 aromatic heterocycles. The lowest BCUT2D eigenvalue weighted by atomic mass is 10.0. The lowest BCUT2D eigenvalue weighted by Gasteiger charge is -2.22. The molecule has 0 saturated carbocycles. The van der Waals surface area contributed by atoms with Gasteiger partial charge in [-0.2, -0.15) is 18.3 Å². The van der Waals surface area contributed by atoms with Crippen LogP contribution in [-0.2, 0) is 19.1 Å². The number of nitrogen functional groups attached to an aromatic ring is 1. The molecule has 0 unspecified atom stereocenters. The monoisotopic (exact) mass is 604 g/mol. The number of carbonyl (C=O) groups excluding carboxylic acids is 1. The Labute approximate surface area is 249 Å². The normalized spacial score (nSPS) is 16.1. The van der Waals surface area contributed by atoms with Gasteiger partial charge in [0.1, 0.15) is 11.5 Å². The van der Waals surface area contributed by atoms with E-state index >= 15 is 4.39 Å². The molecule has 0 atom stereocenters. The Morgan fingerprint density at radius 2 is 1.73 bits per heavy atom. The number of amides is 1. The predicted octanol–water partition coefficient (Wildman–Crippen LogP) is 6.61. The maximum atomic E-state index is 15.8. The van der Waals surface area contributed by atoms with Gasteiger partial charge in [0.05, 0.1) is 16.8 Å². The maximum absolute atomic E-state index is 15.8. The molecule has 12 heteroatoms. The number of hydrogen-bond acceptors (Lipinski definition) is 6. The van der Waals surface area contributed by atoms with Gasteiger partial charge >= 0.3 is 6.18 Å². The first kappa shape index (κ1) is 28.1. The van der Waals surface area contributed by atoms with Gasteiger partial charge in [-0.3, -0.25) is 9.69 Å². The molecule has 2 aliphatic heterocycles. The second kappa shape index (κ2) is 10.8. The Morgan fingerprint density at radius 3 is 2.50 bits per heavy atom. The highest BCUT2D eigenvalue weighted by Gasteiger charge is 2.42. The summed E-state index contributed by atoms with van der Waals surface area (Å²) in [5, 5.41) is 7.90. The Balaban J connectivity index is 1.26. The molecule has 44 heavy (non-hydrogen) atoms. The van der Waals surface area contributed by atoms with Crippen molar-refractivity contribution in [2.24, 2.45) is 0 Å². The first-order chi connectivity index (χ1) is 21.2. The van der Waals surface area contributed by atoms with Crippen molar-refractivity contribution in [3.63, 3.8) is 0 Å². The van der Waals surface area contributed by atoms with E-state index in [1.54, 1.807) is 6.07 Å². The highest BCUT2D eigenvalue weighted by molar-refractivity contribution is 6.07. The van der Waals surface area contributed by atoms with Gasteiger partial charge in [0.2, 0.25) is 0 Å². The lowest BCUT2D eigenvalue weighted by molar-refractivity contribution is -0.141. The van der Waals surface area contributed by atoms with E-state index in [1.807, 2.05) is 24.3 Å². The predicted molar refractivity (Wildman–Crippen MR) is 157 cm³/mol. The summed E-state index contributed by atoms with van der Waals surface area (Å²) in [7, 11) is 0. The van der Waals surface area contributed by atoms with Gasteiger partial charge in [0, 0.05) is 18.7 Å². The van der Waals surface area contributed by atoms with Crippen LogP contribution in [0.15, 0.2) is 65.2 Å². The van der Waals surface area contributed by atoms with Crippen LogP contribution in [0.25, 0.3) is 27.8 Å². The maximum Gasteiger partial charge on any atom is 0.435 e. The highest BCUT2D eigenvalue weighted by atomic mass is 19.4. The van der Waals surface area contributed by atoms with Gasteiger partial charge in [-0.25, -0.2) is 9.07 Å². The summed E-state index contributed by atoms with van der Waals surface area (Å²) >= 11 is 0. The molecule has 1 fully saturated rings. The number of likely N-dealkylation sites (tertiary alicyclic amines) is 1. The third-order valence-electron chi connectivity index (χ3n) is 8.34. The first-order valence-corrected chi connectivity index (χ1v) is 14.4. The third kappa shape index (κ3) is 4.98. The molecule has 8 nitrogen and oxygen atoms in total. The fourth-order valence-corrected chi connectivity index (χ4v) is 6.23. The topological polar surface area (TPSA) is 93.4 Å². The molecule has 2 aliphatic rings. The van der Waals surface area contributed by atoms with Crippen LogP contribution in [0.5, 0.6) is 0 Å². The van der Waals surface area contributed by atoms with Crippen molar-refractivity contribution in [1.82, 2.24) is 19.8 Å². The van der Waals surface area contributed by atoms with Crippen LogP contribution >= 0.6 is 0 Å². The number of hydrogen-bond donors (Lipinski definition) is 1. The zero-order valence-corrected chi connectivity index (χ0v) is 23.6. The summed E-state index contributed by atoms with van der Waals surface area (Å²) in [6, 6.07) is 17.0. The van der Waals surface area contributed by atoms with Crippen LogP contribution in [0.4, 0.5) is 29.1 Å². The van der Waals surface area contributed by atoms with E-state index in [0.29, 0.717) is 16.5 Å². The molecule has 0 spiro atoms. The smallest absolute Gasteiger partial charge is 0.380 e. The van der Waals surface area contributed by atoms with Gasteiger partial charge in [0.25, 0.3) is 5.91 Å². The number of halogens is 4. The molecule has 7 rings (SSSR count). The van der Waals surface area contributed by atoms with Crippen LogP contribution in [0.3, 0.4) is 0 Å². The van der Waals surface area contributed by atoms with E-state index in [-0.39, 0.29) is 47.8 Å². The Bertz CT molecular complexity index is 1890. The number of rotatable bonds is 5. The van der Waals surface area contributed by atoms with Crippen molar-refractivity contribution < 1.29 is 26.9 Å². The average Bonchev–Trinajstić information content (AvgIpc) is 3.72. The van der Waals surface area contributed by atoms with Crippen molar-refractivity contribution in [2.75, 3.05) is 30.3 Å². The number of anilines is 2. The van der Waals surface area contributed by atoms with E-state index in [9.17, 15) is 18.0 Å². The number of benzene rings is 3. The van der Waals surface area contributed by atoms with Gasteiger partial charge in [0.15, 0.2) is 17.1 Å². The van der Waals surface area contributed by atoms with E-state index in [0.717, 1.165) is 35.4 Å². The standard InChI is InChI=1S/C32H28F4N6O2/c33-25-16-21(20-6-3-5-19(15-20)18-40-12-1-2-13-40)8-10-26(25)41-14-4-7-23-28(31(41)43)42(38-29(23)32(34,35)36)22-9-11-27-24(17-22)30(37)39-44-27/h3,5-6,8-11,15-17H,1-2,4,7,12-14,18H2,(H2,37,39). The van der Waals surface area contributed by atoms with E-state index in [4.69, 9.17) is 10.3 Å². The summed E-state index contributed by atoms with van der Waals surface area (Å²) < 4.78 is 64.3. The minimum Gasteiger partial charge on any atom is -0.380 e. The largest absolute Gasteiger partial charge is 0.435 e. The van der Waals surface area contributed by atoms with Crippen molar-refractivity contribution in [3.8, 4) is 16.8 Å². The van der Waals surface area contributed by atoms with E-state index in [1.165, 1.54) is 48.1 Å². The van der Waals surface area contributed by atoms with Crippen LogP contribution in [0, 0.1) is 5.82 Å². The van der Waals surface area contributed by atoms with Crippen LogP contribution in [0.1, 0.15) is 46.6 Å². The summed E-state index contributed by atoms with van der Waals surface area (Å²) in [4.78, 5) is 17.6. The average molecular weight is 605 g/mol. The molecule has 0 radical (unpaired) electrons.